The van der Waals surface area contributed by atoms with Crippen molar-refractivity contribution in [3.05, 3.63) is 52.9 Å². The van der Waals surface area contributed by atoms with Gasteiger partial charge in [-0.15, -0.1) is 11.3 Å². The maximum Gasteiger partial charge on any atom is 0.215 e. The summed E-state index contributed by atoms with van der Waals surface area (Å²) in [5, 5.41) is 6.83. The minimum absolute atomic E-state index is 0.0171. The molecule has 0 saturated carbocycles. The first-order chi connectivity index (χ1) is 13.5. The van der Waals surface area contributed by atoms with Crippen LogP contribution in [0.1, 0.15) is 11.1 Å². The van der Waals surface area contributed by atoms with Crippen LogP contribution in [0.15, 0.2) is 46.8 Å². The van der Waals surface area contributed by atoms with E-state index < -0.39 is 10.0 Å². The average Bonchev–Trinajstić information content (AvgIpc) is 3.24. The summed E-state index contributed by atoms with van der Waals surface area (Å²) in [7, 11) is -0.0435. The molecule has 0 atom stereocenters. The summed E-state index contributed by atoms with van der Waals surface area (Å²) >= 11 is 1.77. The van der Waals surface area contributed by atoms with Crippen molar-refractivity contribution in [1.29, 1.82) is 0 Å². The normalized spacial score (nSPS) is 15.7. The van der Waals surface area contributed by atoms with Gasteiger partial charge in [-0.1, -0.05) is 24.3 Å². The maximum atomic E-state index is 11.8. The van der Waals surface area contributed by atoms with Gasteiger partial charge in [-0.05, 0) is 35.7 Å². The molecule has 1 aromatic heterocycles. The monoisotopic (exact) mass is 421 g/mol. The lowest BCUT2D eigenvalue weighted by Crippen LogP contribution is -2.52. The number of piperazine rings is 1. The highest BCUT2D eigenvalue weighted by atomic mass is 32.2. The van der Waals surface area contributed by atoms with Gasteiger partial charge >= 0.3 is 0 Å². The number of hydrogen-bond acceptors (Lipinski definition) is 5. The summed E-state index contributed by atoms with van der Waals surface area (Å²) in [4.78, 5) is 9.09. The molecule has 0 amide bonds. The van der Waals surface area contributed by atoms with Crippen molar-refractivity contribution in [2.24, 2.45) is 4.99 Å². The fourth-order valence-electron chi connectivity index (χ4n) is 3.22. The van der Waals surface area contributed by atoms with Crippen molar-refractivity contribution in [2.45, 2.75) is 12.3 Å². The van der Waals surface area contributed by atoms with Gasteiger partial charge in [0.15, 0.2) is 5.96 Å². The predicted octanol–water partition coefficient (Wildman–Crippen LogP) is 1.69. The van der Waals surface area contributed by atoms with Crippen LogP contribution < -0.4 is 14.9 Å². The first-order valence-corrected chi connectivity index (χ1v) is 11.8. The first kappa shape index (κ1) is 20.6. The highest BCUT2D eigenvalue weighted by Gasteiger charge is 2.20. The van der Waals surface area contributed by atoms with Crippen molar-refractivity contribution >= 4 is 32.3 Å². The molecular formula is C19H27N5O2S2. The second kappa shape index (κ2) is 9.40. The molecule has 1 aliphatic rings. The molecule has 152 valence electrons. The van der Waals surface area contributed by atoms with E-state index in [0.717, 1.165) is 43.3 Å². The number of anilines is 1. The number of sulfonamides is 1. The first-order valence-electron chi connectivity index (χ1n) is 9.24. The second-order valence-electron chi connectivity index (χ2n) is 6.61. The number of benzene rings is 1. The van der Waals surface area contributed by atoms with E-state index in [1.165, 1.54) is 12.0 Å². The molecule has 1 aromatic carbocycles. The van der Waals surface area contributed by atoms with Crippen molar-refractivity contribution in [3.63, 3.8) is 0 Å². The Labute approximate surface area is 171 Å². The van der Waals surface area contributed by atoms with Crippen LogP contribution in [0.2, 0.25) is 0 Å². The molecule has 0 radical (unpaired) electrons. The summed E-state index contributed by atoms with van der Waals surface area (Å²) in [6.45, 7) is 4.37. The Bertz CT molecular complexity index is 889. The standard InChI is InChI=1S/C19H27N5O2S2/c1-20-19(24-10-8-23(9-11-24)18-7-4-12-27-18)22-14-16-5-3-6-17(13-16)15-28(25,26)21-2/h3-7,12-13,21H,8-11,14-15H2,1-2H3,(H,20,22). The lowest BCUT2D eigenvalue weighted by molar-refractivity contribution is 0.373. The van der Waals surface area contributed by atoms with Gasteiger partial charge in [0.2, 0.25) is 10.0 Å². The molecule has 0 aliphatic carbocycles. The van der Waals surface area contributed by atoms with E-state index >= 15 is 0 Å². The van der Waals surface area contributed by atoms with Crippen molar-refractivity contribution < 1.29 is 8.42 Å². The van der Waals surface area contributed by atoms with Crippen LogP contribution in [0.5, 0.6) is 0 Å². The minimum Gasteiger partial charge on any atom is -0.360 e. The molecule has 2 N–H and O–H groups in total. The SMILES string of the molecule is CN=C(NCc1cccc(CS(=O)(=O)NC)c1)N1CCN(c2cccs2)CC1. The van der Waals surface area contributed by atoms with Gasteiger partial charge in [-0.2, -0.15) is 0 Å². The number of guanidine groups is 1. The lowest BCUT2D eigenvalue weighted by Gasteiger charge is -2.37. The highest BCUT2D eigenvalue weighted by molar-refractivity contribution is 7.88. The van der Waals surface area contributed by atoms with Crippen LogP contribution in [-0.4, -0.2) is 59.6 Å². The molecule has 1 aliphatic heterocycles. The third-order valence-electron chi connectivity index (χ3n) is 4.72. The minimum atomic E-state index is -3.27. The Hall–Kier alpha value is -2.10. The molecule has 0 unspecified atom stereocenters. The smallest absolute Gasteiger partial charge is 0.215 e. The van der Waals surface area contributed by atoms with E-state index in [9.17, 15) is 8.42 Å². The molecule has 0 spiro atoms. The summed E-state index contributed by atoms with van der Waals surface area (Å²) in [6.07, 6.45) is 0. The number of aliphatic imine (C=N–C) groups is 1. The number of hydrogen-bond donors (Lipinski definition) is 2. The second-order valence-corrected chi connectivity index (χ2v) is 9.46. The van der Waals surface area contributed by atoms with Gasteiger partial charge < -0.3 is 15.1 Å². The Morgan fingerprint density at radius 1 is 1.14 bits per heavy atom. The summed E-state index contributed by atoms with van der Waals surface area (Å²) in [6, 6.07) is 11.9. The quantitative estimate of drug-likeness (QED) is 0.548. The zero-order chi connectivity index (χ0) is 20.0. The summed E-state index contributed by atoms with van der Waals surface area (Å²) in [5.74, 6) is 0.857. The number of rotatable bonds is 6. The van der Waals surface area contributed by atoms with E-state index in [1.54, 1.807) is 18.4 Å². The Morgan fingerprint density at radius 3 is 2.54 bits per heavy atom. The van der Waals surface area contributed by atoms with E-state index in [2.05, 4.69) is 42.3 Å². The molecule has 28 heavy (non-hydrogen) atoms. The molecule has 2 heterocycles. The zero-order valence-electron chi connectivity index (χ0n) is 16.3. The van der Waals surface area contributed by atoms with Gasteiger partial charge in [0.05, 0.1) is 10.8 Å². The van der Waals surface area contributed by atoms with Gasteiger partial charge in [0, 0.05) is 39.8 Å². The van der Waals surface area contributed by atoms with Crippen molar-refractivity contribution in [3.8, 4) is 0 Å². The Balaban J connectivity index is 1.55. The molecule has 3 rings (SSSR count). The van der Waals surface area contributed by atoms with Crippen LogP contribution in [0.3, 0.4) is 0 Å². The van der Waals surface area contributed by atoms with Gasteiger partial charge in [0.1, 0.15) is 0 Å². The molecule has 1 fully saturated rings. The summed E-state index contributed by atoms with van der Waals surface area (Å²) in [5.41, 5.74) is 1.80. The zero-order valence-corrected chi connectivity index (χ0v) is 17.9. The fraction of sp³-hybridized carbons (Fsp3) is 0.421. The third-order valence-corrected chi connectivity index (χ3v) is 6.98. The summed E-state index contributed by atoms with van der Waals surface area (Å²) < 4.78 is 25.9. The molecule has 9 heteroatoms. The van der Waals surface area contributed by atoms with Crippen molar-refractivity contribution in [1.82, 2.24) is 14.9 Å². The fourth-order valence-corrected chi connectivity index (χ4v) is 4.77. The highest BCUT2D eigenvalue weighted by Crippen LogP contribution is 2.22. The molecular weight excluding hydrogens is 394 g/mol. The topological polar surface area (TPSA) is 77.0 Å². The molecule has 2 aromatic rings. The third kappa shape index (κ3) is 5.46. The van der Waals surface area contributed by atoms with Gasteiger partial charge in [-0.25, -0.2) is 13.1 Å². The molecule has 0 bridgehead atoms. The molecule has 1 saturated heterocycles. The van der Waals surface area contributed by atoms with E-state index in [1.807, 2.05) is 24.3 Å². The van der Waals surface area contributed by atoms with Crippen LogP contribution >= 0.6 is 11.3 Å². The lowest BCUT2D eigenvalue weighted by atomic mass is 10.1. The van der Waals surface area contributed by atoms with Crippen molar-refractivity contribution in [2.75, 3.05) is 45.2 Å². The van der Waals surface area contributed by atoms with E-state index in [-0.39, 0.29) is 5.75 Å². The predicted molar refractivity (Wildman–Crippen MR) is 116 cm³/mol. The number of thiophene rings is 1. The number of nitrogens with zero attached hydrogens (tertiary/aromatic N) is 3. The van der Waals surface area contributed by atoms with Crippen LogP contribution in [-0.2, 0) is 22.3 Å². The van der Waals surface area contributed by atoms with E-state index in [0.29, 0.717) is 6.54 Å². The van der Waals surface area contributed by atoms with Gasteiger partial charge in [0.25, 0.3) is 0 Å². The van der Waals surface area contributed by atoms with Crippen LogP contribution in [0.4, 0.5) is 5.00 Å². The van der Waals surface area contributed by atoms with Crippen LogP contribution in [0.25, 0.3) is 0 Å². The van der Waals surface area contributed by atoms with Gasteiger partial charge in [-0.3, -0.25) is 4.99 Å². The Morgan fingerprint density at radius 2 is 1.89 bits per heavy atom. The number of nitrogens with one attached hydrogen (secondary N) is 2. The maximum absolute atomic E-state index is 11.8. The van der Waals surface area contributed by atoms with E-state index in [4.69, 9.17) is 0 Å². The van der Waals surface area contributed by atoms with Crippen LogP contribution in [0, 0.1) is 0 Å². The Kier molecular flexibility index (Phi) is 6.93. The molecule has 7 nitrogen and oxygen atoms in total. The largest absolute Gasteiger partial charge is 0.360 e. The average molecular weight is 422 g/mol.